The maximum Gasteiger partial charge on any atom is 0.257 e. The molecule has 2 aromatic carbocycles. The summed E-state index contributed by atoms with van der Waals surface area (Å²) in [5.41, 5.74) is -0.176. The van der Waals surface area contributed by atoms with E-state index in [1.165, 1.54) is 6.07 Å². The highest BCUT2D eigenvalue weighted by molar-refractivity contribution is 5.99. The number of amides is 1. The van der Waals surface area contributed by atoms with Crippen LogP contribution in [0.2, 0.25) is 0 Å². The van der Waals surface area contributed by atoms with E-state index in [1.807, 2.05) is 31.7 Å². The minimum Gasteiger partial charge on any atom is -0.859 e. The first-order chi connectivity index (χ1) is 16.7. The molecule has 1 amide bonds. The summed E-state index contributed by atoms with van der Waals surface area (Å²) in [7, 11) is 0. The average molecular weight is 481 g/mol. The summed E-state index contributed by atoms with van der Waals surface area (Å²) >= 11 is 0. The van der Waals surface area contributed by atoms with E-state index in [1.54, 1.807) is 23.1 Å². The molecule has 0 unspecified atom stereocenters. The van der Waals surface area contributed by atoms with Crippen LogP contribution in [0.25, 0.3) is 0 Å². The van der Waals surface area contributed by atoms with E-state index in [4.69, 9.17) is 0 Å². The van der Waals surface area contributed by atoms with Crippen molar-refractivity contribution < 1.29 is 15.0 Å². The Morgan fingerprint density at radius 1 is 1.09 bits per heavy atom. The van der Waals surface area contributed by atoms with Gasteiger partial charge in [0.2, 0.25) is 0 Å². The summed E-state index contributed by atoms with van der Waals surface area (Å²) in [6.07, 6.45) is 3.68. The number of allylic oxidation sites excluding steroid dienone is 1. The number of nitrogens with zero attached hydrogens (tertiary/aromatic N) is 2. The van der Waals surface area contributed by atoms with E-state index < -0.39 is 10.9 Å². The lowest BCUT2D eigenvalue weighted by Gasteiger charge is -2.39. The number of para-hydroxylation sites is 1. The fraction of sp³-hybridized carbons (Fsp3) is 0.400. The number of phenols is 1. The Bertz CT molecular complexity index is 1250. The maximum absolute atomic E-state index is 13.2. The number of rotatable bonds is 7. The van der Waals surface area contributed by atoms with Crippen molar-refractivity contribution in [2.24, 2.45) is 5.92 Å². The number of hydrogen-bond acceptors (Lipinski definition) is 9. The van der Waals surface area contributed by atoms with Gasteiger partial charge in [0.05, 0.1) is 11.3 Å². The summed E-state index contributed by atoms with van der Waals surface area (Å²) in [5.74, 6) is -0.529. The molecule has 1 fully saturated rings. The Morgan fingerprint density at radius 3 is 2.43 bits per heavy atom. The van der Waals surface area contributed by atoms with Crippen LogP contribution < -0.4 is 31.9 Å². The first-order valence-electron chi connectivity index (χ1n) is 11.7. The molecule has 10 nitrogen and oxygen atoms in total. The van der Waals surface area contributed by atoms with Gasteiger partial charge >= 0.3 is 0 Å². The van der Waals surface area contributed by atoms with Crippen molar-refractivity contribution in [3.8, 4) is 5.75 Å². The molecule has 10 heteroatoms. The highest BCUT2D eigenvalue weighted by Crippen LogP contribution is 2.32. The van der Waals surface area contributed by atoms with Crippen LogP contribution in [0.15, 0.2) is 51.5 Å². The standard InChI is InChI=1S/C25H31N5O5/c1-14(2)15(3)27-19-20(23(33)22(19)32)28-17-7-4-6-16(21(17)31)25(35)30-12-10-29(11-13-30)18-8-5-9-26-24(18)34/h4-8,14-15,26-28,31,34H,9-13H2,1-3H3/p-1/t15-/m0/s1. The lowest BCUT2D eigenvalue weighted by molar-refractivity contribution is -0.314. The second-order valence-electron chi connectivity index (χ2n) is 9.19. The molecule has 0 aromatic heterocycles. The van der Waals surface area contributed by atoms with Gasteiger partial charge in [-0.25, -0.2) is 0 Å². The van der Waals surface area contributed by atoms with Gasteiger partial charge in [0.1, 0.15) is 11.4 Å². The highest BCUT2D eigenvalue weighted by atomic mass is 16.3. The van der Waals surface area contributed by atoms with E-state index in [0.717, 1.165) is 0 Å². The number of hydrogen-bond donors (Lipinski definition) is 4. The molecule has 4 rings (SSSR count). The Kier molecular flexibility index (Phi) is 6.72. The zero-order chi connectivity index (χ0) is 25.3. The quantitative estimate of drug-likeness (QED) is 0.332. The van der Waals surface area contributed by atoms with Crippen LogP contribution in [-0.2, 0) is 0 Å². The van der Waals surface area contributed by atoms with Gasteiger partial charge in [-0.1, -0.05) is 26.0 Å². The molecule has 2 aliphatic rings. The molecule has 0 aliphatic carbocycles. The molecule has 0 saturated carbocycles. The Morgan fingerprint density at radius 2 is 1.77 bits per heavy atom. The highest BCUT2D eigenvalue weighted by Gasteiger charge is 2.28. The van der Waals surface area contributed by atoms with Gasteiger partial charge in [-0.2, -0.15) is 0 Å². The van der Waals surface area contributed by atoms with Crippen LogP contribution in [0, 0.1) is 5.92 Å². The fourth-order valence-corrected chi connectivity index (χ4v) is 4.05. The Labute approximate surface area is 203 Å². The third-order valence-electron chi connectivity index (χ3n) is 6.60. The SMILES string of the molecule is CC(C)[C@H](C)Nc1c(Nc2cccc(C(=O)N3CCN(C4=C([O-])NCC=C4)CC3)c2O)c(=O)c1=O. The summed E-state index contributed by atoms with van der Waals surface area (Å²) in [6.45, 7) is 8.17. The summed E-state index contributed by atoms with van der Waals surface area (Å²) in [6, 6.07) is 4.63. The van der Waals surface area contributed by atoms with E-state index in [0.29, 0.717) is 38.4 Å². The number of anilines is 3. The molecule has 2 heterocycles. The second kappa shape index (κ2) is 9.73. The lowest BCUT2D eigenvalue weighted by atomic mass is 10.0. The van der Waals surface area contributed by atoms with Crippen LogP contribution >= 0.6 is 0 Å². The van der Waals surface area contributed by atoms with E-state index in [-0.39, 0.29) is 52.1 Å². The molecule has 0 bridgehead atoms. The van der Waals surface area contributed by atoms with Crippen LogP contribution in [0.3, 0.4) is 0 Å². The molecule has 2 aliphatic heterocycles. The molecule has 2 aromatic rings. The van der Waals surface area contributed by atoms with Gasteiger partial charge in [-0.05, 0) is 36.9 Å². The Hall–Kier alpha value is -3.95. The van der Waals surface area contributed by atoms with Crippen LogP contribution in [0.5, 0.6) is 5.75 Å². The number of piperazine rings is 1. The minimum atomic E-state index is -0.672. The number of dihydropyridines is 1. The third kappa shape index (κ3) is 4.68. The smallest absolute Gasteiger partial charge is 0.257 e. The van der Waals surface area contributed by atoms with Crippen molar-refractivity contribution in [2.75, 3.05) is 43.4 Å². The number of carbonyl (C=O) groups excluding carboxylic acids is 1. The number of phenolic OH excluding ortho intramolecular Hbond substituents is 1. The molecule has 0 spiro atoms. The first-order valence-corrected chi connectivity index (χ1v) is 11.7. The monoisotopic (exact) mass is 480 g/mol. The lowest BCUT2D eigenvalue weighted by Crippen LogP contribution is -2.49. The van der Waals surface area contributed by atoms with Crippen LogP contribution in [0.1, 0.15) is 31.1 Å². The van der Waals surface area contributed by atoms with Crippen molar-refractivity contribution in [1.29, 1.82) is 0 Å². The Balaban J connectivity index is 1.47. The van der Waals surface area contributed by atoms with Gasteiger partial charge in [0, 0.05) is 44.5 Å². The summed E-state index contributed by atoms with van der Waals surface area (Å²) < 4.78 is 0. The van der Waals surface area contributed by atoms with Crippen LogP contribution in [-0.4, -0.2) is 59.6 Å². The first kappa shape index (κ1) is 24.2. The van der Waals surface area contributed by atoms with Gasteiger partial charge in [-0.15, -0.1) is 0 Å². The normalized spacial score (nSPS) is 17.0. The predicted octanol–water partition coefficient (Wildman–Crippen LogP) is 0.635. The molecule has 35 heavy (non-hydrogen) atoms. The predicted molar refractivity (Wildman–Crippen MR) is 132 cm³/mol. The molecular weight excluding hydrogens is 450 g/mol. The van der Waals surface area contributed by atoms with E-state index >= 15 is 0 Å². The zero-order valence-electron chi connectivity index (χ0n) is 20.1. The van der Waals surface area contributed by atoms with Crippen molar-refractivity contribution in [1.82, 2.24) is 15.1 Å². The van der Waals surface area contributed by atoms with Gasteiger partial charge in [-0.3, -0.25) is 14.4 Å². The molecule has 0 radical (unpaired) electrons. The second-order valence-corrected chi connectivity index (χ2v) is 9.19. The van der Waals surface area contributed by atoms with Crippen molar-refractivity contribution in [3.63, 3.8) is 0 Å². The van der Waals surface area contributed by atoms with Crippen molar-refractivity contribution >= 4 is 23.0 Å². The number of aromatic hydroxyl groups is 1. The molecule has 1 atom stereocenters. The third-order valence-corrected chi connectivity index (χ3v) is 6.60. The van der Waals surface area contributed by atoms with E-state index in [2.05, 4.69) is 16.0 Å². The number of benzene rings is 1. The average Bonchev–Trinajstić information content (AvgIpc) is 2.86. The van der Waals surface area contributed by atoms with Gasteiger partial charge in [0.25, 0.3) is 16.8 Å². The molecule has 1 saturated heterocycles. The molecule has 4 N–H and O–H groups in total. The minimum absolute atomic E-state index is 0.0348. The van der Waals surface area contributed by atoms with Gasteiger partial charge in [0.15, 0.2) is 5.75 Å². The zero-order valence-corrected chi connectivity index (χ0v) is 20.1. The molecule has 186 valence electrons. The topological polar surface area (TPSA) is 137 Å². The molecular formula is C25H30N5O5-. The van der Waals surface area contributed by atoms with Crippen molar-refractivity contribution in [2.45, 2.75) is 26.8 Å². The van der Waals surface area contributed by atoms with Crippen LogP contribution in [0.4, 0.5) is 17.1 Å². The number of carbonyl (C=O) groups is 1. The van der Waals surface area contributed by atoms with Crippen molar-refractivity contribution in [3.05, 3.63) is 67.9 Å². The van der Waals surface area contributed by atoms with Gasteiger partial charge < -0.3 is 36.0 Å². The number of nitrogens with one attached hydrogen (secondary N) is 3. The summed E-state index contributed by atoms with van der Waals surface area (Å²) in [5, 5.41) is 31.6. The maximum atomic E-state index is 13.2. The largest absolute Gasteiger partial charge is 0.859 e. The fourth-order valence-electron chi connectivity index (χ4n) is 4.05. The van der Waals surface area contributed by atoms with E-state index in [9.17, 15) is 24.6 Å². The summed E-state index contributed by atoms with van der Waals surface area (Å²) in [4.78, 5) is 41.0.